The molecule has 7 heteroatoms. The van der Waals surface area contributed by atoms with Gasteiger partial charge in [-0.05, 0) is 54.0 Å². The van der Waals surface area contributed by atoms with E-state index in [4.69, 9.17) is 21.1 Å². The first-order valence-electron chi connectivity index (χ1n) is 13.7. The van der Waals surface area contributed by atoms with Crippen LogP contribution >= 0.6 is 11.6 Å². The molecule has 2 aliphatic carbocycles. The van der Waals surface area contributed by atoms with Gasteiger partial charge in [0.1, 0.15) is 17.3 Å². The van der Waals surface area contributed by atoms with E-state index in [1.54, 1.807) is 12.1 Å². The number of amides is 1. The van der Waals surface area contributed by atoms with Crippen LogP contribution in [-0.2, 0) is 19.1 Å². The molecule has 3 aliphatic rings. The molecular formula is C33H36ClNO5. The summed E-state index contributed by atoms with van der Waals surface area (Å²) in [5, 5.41) is 3.17. The van der Waals surface area contributed by atoms with Gasteiger partial charge in [0, 0.05) is 48.4 Å². The molecule has 0 unspecified atom stereocenters. The first kappa shape index (κ1) is 28.2. The molecular weight excluding hydrogens is 526 g/mol. The van der Waals surface area contributed by atoms with Crippen LogP contribution < -0.4 is 10.1 Å². The van der Waals surface area contributed by atoms with Crippen molar-refractivity contribution in [3.8, 4) is 5.75 Å². The molecule has 1 N–H and O–H groups in total. The number of benzene rings is 2. The minimum atomic E-state index is -0.537. The number of carbonyl (C=O) groups is 3. The Labute approximate surface area is 240 Å². The van der Waals surface area contributed by atoms with Gasteiger partial charge in [0.2, 0.25) is 0 Å². The third-order valence-electron chi connectivity index (χ3n) is 7.89. The van der Waals surface area contributed by atoms with Gasteiger partial charge < -0.3 is 14.8 Å². The van der Waals surface area contributed by atoms with Crippen molar-refractivity contribution in [3.05, 3.63) is 80.8 Å². The van der Waals surface area contributed by atoms with Crippen LogP contribution in [0.1, 0.15) is 76.0 Å². The fourth-order valence-corrected chi connectivity index (χ4v) is 6.35. The Bertz CT molecular complexity index is 1440. The molecule has 2 aromatic rings. The second kappa shape index (κ2) is 10.2. The summed E-state index contributed by atoms with van der Waals surface area (Å²) in [6.45, 7) is 12.0. The zero-order chi connectivity index (χ0) is 29.0. The fraction of sp³-hybridized carbons (Fsp3) is 0.424. The van der Waals surface area contributed by atoms with Crippen LogP contribution in [0.15, 0.2) is 59.1 Å². The number of ether oxygens (including phenoxy) is 2. The first-order chi connectivity index (χ1) is 18.7. The maximum Gasteiger partial charge on any atom is 0.262 e. The number of halogens is 1. The minimum Gasteiger partial charge on any atom is -0.482 e. The number of hydrogen-bond donors (Lipinski definition) is 1. The van der Waals surface area contributed by atoms with Crippen LogP contribution in [-0.4, -0.2) is 24.1 Å². The Morgan fingerprint density at radius 3 is 2.08 bits per heavy atom. The van der Waals surface area contributed by atoms with Gasteiger partial charge >= 0.3 is 0 Å². The van der Waals surface area contributed by atoms with Crippen LogP contribution in [0.4, 0.5) is 5.69 Å². The van der Waals surface area contributed by atoms with Crippen LogP contribution in [0.25, 0.3) is 0 Å². The molecule has 40 heavy (non-hydrogen) atoms. The number of anilines is 1. The van der Waals surface area contributed by atoms with Gasteiger partial charge in [-0.25, -0.2) is 0 Å². The highest BCUT2D eigenvalue weighted by molar-refractivity contribution is 6.32. The van der Waals surface area contributed by atoms with Gasteiger partial charge in [0.15, 0.2) is 18.2 Å². The SMILES string of the molecule is Cc1ccc(NC(=O)COc2ccc(C3C4=C(CC(C)(C)CC4=O)OC4=C3C(=O)CC(C)(C)C4)cc2Cl)c(C)c1. The average Bonchev–Trinajstić information content (AvgIpc) is 2.82. The molecule has 0 saturated carbocycles. The minimum absolute atomic E-state index is 0.0000436. The lowest BCUT2D eigenvalue weighted by Crippen LogP contribution is -2.37. The van der Waals surface area contributed by atoms with Crippen molar-refractivity contribution in [1.29, 1.82) is 0 Å². The lowest BCUT2D eigenvalue weighted by molar-refractivity contribution is -0.120. The summed E-state index contributed by atoms with van der Waals surface area (Å²) in [6, 6.07) is 11.1. The van der Waals surface area contributed by atoms with E-state index < -0.39 is 5.92 Å². The number of nitrogens with one attached hydrogen (secondary N) is 1. The zero-order valence-corrected chi connectivity index (χ0v) is 24.8. The molecule has 6 nitrogen and oxygen atoms in total. The van der Waals surface area contributed by atoms with Crippen LogP contribution in [0.5, 0.6) is 5.75 Å². The quantitative estimate of drug-likeness (QED) is 0.412. The van der Waals surface area contributed by atoms with Crippen molar-refractivity contribution in [2.24, 2.45) is 10.8 Å². The molecule has 1 amide bonds. The normalized spacial score (nSPS) is 20.1. The van der Waals surface area contributed by atoms with E-state index in [0.29, 0.717) is 59.1 Å². The Kier molecular flexibility index (Phi) is 7.20. The second-order valence-corrected chi connectivity index (χ2v) is 13.3. The van der Waals surface area contributed by atoms with Crippen LogP contribution in [0.3, 0.4) is 0 Å². The van der Waals surface area contributed by atoms with Gasteiger partial charge in [0.05, 0.1) is 5.02 Å². The Balaban J connectivity index is 1.42. The van der Waals surface area contributed by atoms with Crippen molar-refractivity contribution >= 4 is 34.8 Å². The van der Waals surface area contributed by atoms with Crippen molar-refractivity contribution in [2.45, 2.75) is 73.1 Å². The third-order valence-corrected chi connectivity index (χ3v) is 8.18. The summed E-state index contributed by atoms with van der Waals surface area (Å²) in [4.78, 5) is 39.5. The van der Waals surface area contributed by atoms with E-state index in [-0.39, 0.29) is 34.9 Å². The summed E-state index contributed by atoms with van der Waals surface area (Å²) in [5.41, 5.74) is 4.23. The van der Waals surface area contributed by atoms with Gasteiger partial charge in [-0.2, -0.15) is 0 Å². The molecule has 210 valence electrons. The van der Waals surface area contributed by atoms with Crippen LogP contribution in [0, 0.1) is 24.7 Å². The second-order valence-electron chi connectivity index (χ2n) is 12.9. The molecule has 0 bridgehead atoms. The Morgan fingerprint density at radius 1 is 0.925 bits per heavy atom. The number of Topliss-reactive ketones (excluding diaryl/α,β-unsaturated/α-hetero) is 2. The number of rotatable bonds is 5. The monoisotopic (exact) mass is 561 g/mol. The molecule has 1 heterocycles. The van der Waals surface area contributed by atoms with Crippen molar-refractivity contribution < 1.29 is 23.9 Å². The summed E-state index contributed by atoms with van der Waals surface area (Å²) >= 11 is 6.66. The molecule has 0 atom stereocenters. The van der Waals surface area contributed by atoms with Gasteiger partial charge in [-0.3, -0.25) is 14.4 Å². The molecule has 0 saturated heterocycles. The van der Waals surface area contributed by atoms with Crippen molar-refractivity contribution in [3.63, 3.8) is 0 Å². The first-order valence-corrected chi connectivity index (χ1v) is 14.1. The van der Waals surface area contributed by atoms with Gasteiger partial charge in [-0.15, -0.1) is 0 Å². The lowest BCUT2D eigenvalue weighted by Gasteiger charge is -2.42. The molecule has 0 radical (unpaired) electrons. The largest absolute Gasteiger partial charge is 0.482 e. The predicted molar refractivity (Wildman–Crippen MR) is 155 cm³/mol. The van der Waals surface area contributed by atoms with E-state index in [1.165, 1.54) is 0 Å². The fourth-order valence-electron chi connectivity index (χ4n) is 6.11. The summed E-state index contributed by atoms with van der Waals surface area (Å²) in [7, 11) is 0. The number of hydrogen-bond acceptors (Lipinski definition) is 5. The predicted octanol–water partition coefficient (Wildman–Crippen LogP) is 7.37. The highest BCUT2D eigenvalue weighted by Crippen LogP contribution is 2.53. The summed E-state index contributed by atoms with van der Waals surface area (Å²) in [6.07, 6.45) is 2.03. The smallest absolute Gasteiger partial charge is 0.262 e. The average molecular weight is 562 g/mol. The van der Waals surface area contributed by atoms with Crippen molar-refractivity contribution in [2.75, 3.05) is 11.9 Å². The standard InChI is InChI=1S/C33H36ClNO5/c1-18-7-9-22(19(2)11-18)35-28(38)17-39-25-10-8-20(12-21(25)34)29-30-23(36)13-32(3,4)15-26(30)40-27-16-33(5,6)14-24(37)31(27)29/h7-12,29H,13-17H2,1-6H3,(H,35,38). The number of ketones is 2. The molecule has 0 fully saturated rings. The number of carbonyl (C=O) groups excluding carboxylic acids is 3. The zero-order valence-electron chi connectivity index (χ0n) is 24.0. The highest BCUT2D eigenvalue weighted by atomic mass is 35.5. The number of allylic oxidation sites excluding steroid dienone is 4. The van der Waals surface area contributed by atoms with Crippen LogP contribution in [0.2, 0.25) is 5.02 Å². The Morgan fingerprint density at radius 2 is 1.52 bits per heavy atom. The maximum atomic E-state index is 13.5. The van der Waals surface area contributed by atoms with E-state index >= 15 is 0 Å². The Hall–Kier alpha value is -3.38. The topological polar surface area (TPSA) is 81.7 Å². The third kappa shape index (κ3) is 5.60. The van der Waals surface area contributed by atoms with E-state index in [0.717, 1.165) is 22.4 Å². The van der Waals surface area contributed by atoms with Gasteiger partial charge in [-0.1, -0.05) is 63.1 Å². The van der Waals surface area contributed by atoms with E-state index in [9.17, 15) is 14.4 Å². The van der Waals surface area contributed by atoms with E-state index in [2.05, 4.69) is 33.0 Å². The number of aryl methyl sites for hydroxylation is 2. The summed E-state index contributed by atoms with van der Waals surface area (Å²) in [5.74, 6) is 0.839. The summed E-state index contributed by atoms with van der Waals surface area (Å²) < 4.78 is 12.1. The molecule has 0 spiro atoms. The van der Waals surface area contributed by atoms with Gasteiger partial charge in [0.25, 0.3) is 5.91 Å². The maximum absolute atomic E-state index is 13.5. The molecule has 0 aromatic heterocycles. The van der Waals surface area contributed by atoms with E-state index in [1.807, 2.05) is 38.1 Å². The molecule has 5 rings (SSSR count). The molecule has 1 aliphatic heterocycles. The molecule has 2 aromatic carbocycles. The highest BCUT2D eigenvalue weighted by Gasteiger charge is 2.47. The lowest BCUT2D eigenvalue weighted by atomic mass is 9.65. The van der Waals surface area contributed by atoms with Crippen molar-refractivity contribution in [1.82, 2.24) is 0 Å².